The Morgan fingerprint density at radius 3 is 2.70 bits per heavy atom. The molecule has 0 spiro atoms. The molecule has 20 heavy (non-hydrogen) atoms. The first kappa shape index (κ1) is 12.5. The van der Waals surface area contributed by atoms with Crippen LogP contribution in [0.25, 0.3) is 11.0 Å². The lowest BCUT2D eigenvalue weighted by atomic mass is 10.1. The van der Waals surface area contributed by atoms with Crippen LogP contribution >= 0.6 is 0 Å². The van der Waals surface area contributed by atoms with Crippen molar-refractivity contribution in [2.24, 2.45) is 7.05 Å². The molecule has 1 unspecified atom stereocenters. The fourth-order valence-corrected chi connectivity index (χ4v) is 2.59. The second-order valence-electron chi connectivity index (χ2n) is 4.85. The molecule has 0 aliphatic carbocycles. The van der Waals surface area contributed by atoms with Crippen molar-refractivity contribution in [3.05, 3.63) is 28.7 Å². The Balaban J connectivity index is 2.23. The Kier molecular flexibility index (Phi) is 2.63. The molecule has 1 aliphatic rings. The molecule has 2 N–H and O–H groups in total. The number of fused-ring (bicyclic) bond motifs is 1. The van der Waals surface area contributed by atoms with Crippen molar-refractivity contribution in [2.45, 2.75) is 18.9 Å². The molecule has 1 atom stereocenters. The number of carbonyl (C=O) groups excluding carboxylic acids is 2. The van der Waals surface area contributed by atoms with E-state index < -0.39 is 11.9 Å². The van der Waals surface area contributed by atoms with E-state index in [1.54, 1.807) is 13.1 Å². The predicted molar refractivity (Wildman–Crippen MR) is 70.3 cm³/mol. The van der Waals surface area contributed by atoms with E-state index in [1.165, 1.54) is 21.3 Å². The number of nitrogens with one attached hydrogen (secondary N) is 1. The number of nitrogens with zero attached hydrogens (tertiary/aromatic N) is 2. The fourth-order valence-electron chi connectivity index (χ4n) is 2.59. The highest BCUT2D eigenvalue weighted by atomic mass is 16.3. The lowest BCUT2D eigenvalue weighted by Gasteiger charge is -2.21. The van der Waals surface area contributed by atoms with Crippen LogP contribution in [0.1, 0.15) is 18.9 Å². The third-order valence-electron chi connectivity index (χ3n) is 3.59. The van der Waals surface area contributed by atoms with Gasteiger partial charge in [-0.3, -0.25) is 24.0 Å². The van der Waals surface area contributed by atoms with Gasteiger partial charge in [0.15, 0.2) is 0 Å². The van der Waals surface area contributed by atoms with Crippen molar-refractivity contribution in [3.8, 4) is 5.75 Å². The summed E-state index contributed by atoms with van der Waals surface area (Å²) in [6, 6.07) is 3.82. The number of aryl methyl sites for hydroxylation is 1. The summed E-state index contributed by atoms with van der Waals surface area (Å²) in [6.45, 7) is 0. The molecule has 0 bridgehead atoms. The zero-order chi connectivity index (χ0) is 14.4. The van der Waals surface area contributed by atoms with Crippen molar-refractivity contribution in [1.29, 1.82) is 0 Å². The number of rotatable bonds is 1. The smallest absolute Gasteiger partial charge is 0.329 e. The number of imide groups is 1. The first-order chi connectivity index (χ1) is 9.49. The summed E-state index contributed by atoms with van der Waals surface area (Å²) >= 11 is 0. The average Bonchev–Trinajstić information content (AvgIpc) is 2.63. The van der Waals surface area contributed by atoms with Gasteiger partial charge in [0.2, 0.25) is 11.8 Å². The first-order valence-electron chi connectivity index (χ1n) is 6.22. The van der Waals surface area contributed by atoms with Gasteiger partial charge < -0.3 is 5.11 Å². The fraction of sp³-hybridized carbons (Fsp3) is 0.308. The van der Waals surface area contributed by atoms with Gasteiger partial charge in [-0.05, 0) is 18.6 Å². The van der Waals surface area contributed by atoms with E-state index in [4.69, 9.17) is 0 Å². The highest BCUT2D eigenvalue weighted by Crippen LogP contribution is 2.25. The normalized spacial score (nSPS) is 19.4. The monoisotopic (exact) mass is 275 g/mol. The minimum atomic E-state index is -0.731. The van der Waals surface area contributed by atoms with Crippen LogP contribution in [0.2, 0.25) is 0 Å². The van der Waals surface area contributed by atoms with E-state index in [2.05, 4.69) is 5.32 Å². The number of carbonyl (C=O) groups is 2. The molecule has 2 aromatic rings. The summed E-state index contributed by atoms with van der Waals surface area (Å²) < 4.78 is 2.75. The highest BCUT2D eigenvalue weighted by molar-refractivity contribution is 6.00. The Morgan fingerprint density at radius 2 is 2.00 bits per heavy atom. The minimum Gasteiger partial charge on any atom is -0.508 e. The Bertz CT molecular complexity index is 787. The maximum atomic E-state index is 12.3. The summed E-state index contributed by atoms with van der Waals surface area (Å²) in [5.41, 5.74) is 0.754. The van der Waals surface area contributed by atoms with E-state index in [1.807, 2.05) is 0 Å². The summed E-state index contributed by atoms with van der Waals surface area (Å²) in [7, 11) is 1.60. The van der Waals surface area contributed by atoms with Crippen LogP contribution in [0.15, 0.2) is 23.0 Å². The third kappa shape index (κ3) is 1.70. The van der Waals surface area contributed by atoms with Crippen LogP contribution in [0.5, 0.6) is 5.75 Å². The molecule has 2 amide bonds. The first-order valence-corrected chi connectivity index (χ1v) is 6.22. The van der Waals surface area contributed by atoms with E-state index >= 15 is 0 Å². The Labute approximate surface area is 113 Å². The number of hydrogen-bond donors (Lipinski definition) is 2. The van der Waals surface area contributed by atoms with E-state index in [9.17, 15) is 19.5 Å². The van der Waals surface area contributed by atoms with E-state index in [-0.39, 0.29) is 30.2 Å². The standard InChI is InChI=1S/C13H13N3O4/c1-15-8-3-2-7(17)6-10(8)16(13(15)20)9-4-5-11(18)14-12(9)19/h2-3,6,9,17H,4-5H2,1H3,(H,14,18,19). The van der Waals surface area contributed by atoms with Gasteiger partial charge in [-0.2, -0.15) is 0 Å². The number of aromatic hydroxyl groups is 1. The molecular weight excluding hydrogens is 262 g/mol. The van der Waals surface area contributed by atoms with Crippen molar-refractivity contribution in [1.82, 2.24) is 14.5 Å². The number of amides is 2. The number of phenolic OH excluding ortho intramolecular Hbond substituents is 1. The van der Waals surface area contributed by atoms with Gasteiger partial charge in [-0.1, -0.05) is 0 Å². The number of phenols is 1. The topological polar surface area (TPSA) is 93.3 Å². The molecule has 2 heterocycles. The summed E-state index contributed by atoms with van der Waals surface area (Å²) in [4.78, 5) is 35.4. The molecule has 1 saturated heterocycles. The largest absolute Gasteiger partial charge is 0.508 e. The molecular formula is C13H13N3O4. The molecule has 1 aliphatic heterocycles. The van der Waals surface area contributed by atoms with Crippen molar-refractivity contribution in [2.75, 3.05) is 0 Å². The van der Waals surface area contributed by atoms with Crippen molar-refractivity contribution >= 4 is 22.8 Å². The lowest BCUT2D eigenvalue weighted by molar-refractivity contribution is -0.135. The minimum absolute atomic E-state index is 0.0177. The van der Waals surface area contributed by atoms with Crippen LogP contribution < -0.4 is 11.0 Å². The molecule has 7 heteroatoms. The van der Waals surface area contributed by atoms with E-state index in [0.717, 1.165) is 0 Å². The number of piperidine rings is 1. The van der Waals surface area contributed by atoms with Gasteiger partial charge in [0, 0.05) is 19.5 Å². The van der Waals surface area contributed by atoms with Crippen molar-refractivity contribution < 1.29 is 14.7 Å². The van der Waals surface area contributed by atoms with Gasteiger partial charge in [-0.25, -0.2) is 4.79 Å². The average molecular weight is 275 g/mol. The second-order valence-corrected chi connectivity index (χ2v) is 4.85. The molecule has 1 fully saturated rings. The number of aromatic nitrogens is 2. The maximum Gasteiger partial charge on any atom is 0.329 e. The third-order valence-corrected chi connectivity index (χ3v) is 3.59. The zero-order valence-electron chi connectivity index (χ0n) is 10.8. The van der Waals surface area contributed by atoms with Gasteiger partial charge in [0.25, 0.3) is 0 Å². The maximum absolute atomic E-state index is 12.3. The van der Waals surface area contributed by atoms with Crippen molar-refractivity contribution in [3.63, 3.8) is 0 Å². The molecule has 1 aromatic carbocycles. The quantitative estimate of drug-likeness (QED) is 0.718. The summed E-state index contributed by atoms with van der Waals surface area (Å²) in [5.74, 6) is -0.800. The molecule has 0 saturated carbocycles. The Morgan fingerprint density at radius 1 is 1.25 bits per heavy atom. The number of benzene rings is 1. The summed E-state index contributed by atoms with van der Waals surface area (Å²) in [6.07, 6.45) is 0.470. The lowest BCUT2D eigenvalue weighted by Crippen LogP contribution is -2.44. The van der Waals surface area contributed by atoms with Crippen LogP contribution in [0.4, 0.5) is 0 Å². The van der Waals surface area contributed by atoms with Crippen LogP contribution in [-0.2, 0) is 16.6 Å². The van der Waals surface area contributed by atoms with Crippen LogP contribution in [-0.4, -0.2) is 26.1 Å². The number of hydrogen-bond acceptors (Lipinski definition) is 4. The van der Waals surface area contributed by atoms with Gasteiger partial charge in [-0.15, -0.1) is 0 Å². The molecule has 104 valence electrons. The Hall–Kier alpha value is -2.57. The number of imidazole rings is 1. The van der Waals surface area contributed by atoms with Gasteiger partial charge >= 0.3 is 5.69 Å². The van der Waals surface area contributed by atoms with Gasteiger partial charge in [0.05, 0.1) is 11.0 Å². The predicted octanol–water partition coefficient (Wildman–Crippen LogP) is 0.0233. The summed E-state index contributed by atoms with van der Waals surface area (Å²) in [5, 5.41) is 11.8. The second kappa shape index (κ2) is 4.22. The molecule has 0 radical (unpaired) electrons. The van der Waals surface area contributed by atoms with Gasteiger partial charge in [0.1, 0.15) is 11.8 Å². The zero-order valence-corrected chi connectivity index (χ0v) is 10.8. The SMILES string of the molecule is Cn1c(=O)n(C2CCC(=O)NC2=O)c2cc(O)ccc21. The van der Waals surface area contributed by atoms with Crippen LogP contribution in [0, 0.1) is 0 Å². The highest BCUT2D eigenvalue weighted by Gasteiger charge is 2.31. The van der Waals surface area contributed by atoms with Crippen LogP contribution in [0.3, 0.4) is 0 Å². The molecule has 3 rings (SSSR count). The van der Waals surface area contributed by atoms with E-state index in [0.29, 0.717) is 11.0 Å². The molecule has 1 aromatic heterocycles. The molecule has 7 nitrogen and oxygen atoms in total.